The number of hydrogen-bond donors (Lipinski definition) is 1. The van der Waals surface area contributed by atoms with Gasteiger partial charge in [0.15, 0.2) is 0 Å². The summed E-state index contributed by atoms with van der Waals surface area (Å²) in [5.41, 5.74) is 2.20. The van der Waals surface area contributed by atoms with Crippen LogP contribution in [0.5, 0.6) is 0 Å². The van der Waals surface area contributed by atoms with Gasteiger partial charge in [0, 0.05) is 44.1 Å². The van der Waals surface area contributed by atoms with Crippen LogP contribution in [-0.2, 0) is 0 Å². The van der Waals surface area contributed by atoms with Gasteiger partial charge in [-0.1, -0.05) is 6.92 Å². The topological polar surface area (TPSA) is 59.7 Å². The lowest BCUT2D eigenvalue weighted by Gasteiger charge is -2.34. The van der Waals surface area contributed by atoms with Crippen molar-refractivity contribution in [2.75, 3.05) is 45.8 Å². The van der Waals surface area contributed by atoms with E-state index in [1.807, 2.05) is 22.8 Å². The van der Waals surface area contributed by atoms with Crippen molar-refractivity contribution >= 4 is 33.4 Å². The number of hydrogen-bond acceptors (Lipinski definition) is 4. The zero-order valence-corrected chi connectivity index (χ0v) is 17.0. The molecule has 4 heterocycles. The maximum Gasteiger partial charge on any atom is 0.270 e. The highest BCUT2D eigenvalue weighted by Gasteiger charge is 2.28. The summed E-state index contributed by atoms with van der Waals surface area (Å²) in [5, 5.41) is 0. The highest BCUT2D eigenvalue weighted by Crippen LogP contribution is 2.33. The van der Waals surface area contributed by atoms with E-state index in [-0.39, 0.29) is 11.8 Å². The van der Waals surface area contributed by atoms with Crippen molar-refractivity contribution in [2.45, 2.75) is 33.1 Å². The lowest BCUT2D eigenvalue weighted by atomic mass is 10.2. The molecular weight excluding hydrogens is 360 g/mol. The van der Waals surface area contributed by atoms with Crippen molar-refractivity contribution < 1.29 is 9.59 Å². The van der Waals surface area contributed by atoms with Crippen LogP contribution >= 0.6 is 11.3 Å². The monoisotopic (exact) mass is 388 g/mol. The third-order valence-corrected chi connectivity index (χ3v) is 6.74. The number of carbonyl (C=O) groups is 2. The maximum atomic E-state index is 12.9. The standard InChI is InChI=1S/C20H28N4O2S/c1-3-6-22-9-11-24(12-10-22)19(25)15-13-16-18(21-15)17(14(2)27-16)20(26)23-7-4-5-8-23/h13,21H,3-12H2,1-2H3. The fraction of sp³-hybridized carbons (Fsp3) is 0.600. The second-order valence-corrected chi connectivity index (χ2v) is 8.84. The maximum absolute atomic E-state index is 12.9. The molecule has 0 atom stereocenters. The van der Waals surface area contributed by atoms with Crippen LogP contribution in [0.1, 0.15) is 51.9 Å². The Hall–Kier alpha value is -1.86. The number of aryl methyl sites for hydroxylation is 1. The third kappa shape index (κ3) is 3.50. The fourth-order valence-corrected chi connectivity index (χ4v) is 5.26. The fourth-order valence-electron chi connectivity index (χ4n) is 4.21. The number of amides is 2. The Bertz CT molecular complexity index is 842. The Labute approximate surface area is 164 Å². The number of nitrogens with zero attached hydrogens (tertiary/aromatic N) is 3. The Balaban J connectivity index is 1.54. The van der Waals surface area contributed by atoms with Crippen molar-refractivity contribution in [3.8, 4) is 0 Å². The van der Waals surface area contributed by atoms with Crippen molar-refractivity contribution in [1.29, 1.82) is 0 Å². The minimum atomic E-state index is 0.0479. The first-order valence-electron chi connectivity index (χ1n) is 10.0. The van der Waals surface area contributed by atoms with E-state index < -0.39 is 0 Å². The SMILES string of the molecule is CCCN1CCN(C(=O)c2cc3sc(C)c(C(=O)N4CCCC4)c3[nH]2)CC1. The van der Waals surface area contributed by atoms with Gasteiger partial charge in [0.25, 0.3) is 11.8 Å². The smallest absolute Gasteiger partial charge is 0.270 e. The van der Waals surface area contributed by atoms with E-state index in [9.17, 15) is 9.59 Å². The number of rotatable bonds is 4. The third-order valence-electron chi connectivity index (χ3n) is 5.68. The van der Waals surface area contributed by atoms with E-state index in [1.54, 1.807) is 11.3 Å². The van der Waals surface area contributed by atoms with Crippen LogP contribution in [0, 0.1) is 6.92 Å². The van der Waals surface area contributed by atoms with E-state index in [4.69, 9.17) is 0 Å². The summed E-state index contributed by atoms with van der Waals surface area (Å²) in [5.74, 6) is 0.150. The predicted octanol–water partition coefficient (Wildman–Crippen LogP) is 2.94. The summed E-state index contributed by atoms with van der Waals surface area (Å²) in [6.07, 6.45) is 3.31. The molecule has 1 N–H and O–H groups in total. The summed E-state index contributed by atoms with van der Waals surface area (Å²) in [6, 6.07) is 1.93. The highest BCUT2D eigenvalue weighted by atomic mass is 32.1. The molecule has 146 valence electrons. The lowest BCUT2D eigenvalue weighted by molar-refractivity contribution is 0.0632. The molecule has 7 heteroatoms. The zero-order chi connectivity index (χ0) is 19.0. The highest BCUT2D eigenvalue weighted by molar-refractivity contribution is 7.19. The quantitative estimate of drug-likeness (QED) is 0.876. The Kier molecular flexibility index (Phi) is 5.23. The number of fused-ring (bicyclic) bond motifs is 1. The first-order chi connectivity index (χ1) is 13.1. The summed E-state index contributed by atoms with van der Waals surface area (Å²) < 4.78 is 1.00. The van der Waals surface area contributed by atoms with Crippen LogP contribution in [0.25, 0.3) is 10.2 Å². The van der Waals surface area contributed by atoms with Gasteiger partial charge in [0.2, 0.25) is 0 Å². The molecule has 0 saturated carbocycles. The molecule has 0 spiro atoms. The van der Waals surface area contributed by atoms with Crippen LogP contribution in [0.2, 0.25) is 0 Å². The minimum absolute atomic E-state index is 0.0479. The van der Waals surface area contributed by atoms with Crippen LogP contribution in [0.3, 0.4) is 0 Å². The molecule has 0 radical (unpaired) electrons. The van der Waals surface area contributed by atoms with Crippen molar-refractivity contribution in [1.82, 2.24) is 19.7 Å². The number of likely N-dealkylation sites (tertiary alicyclic amines) is 1. The molecule has 2 aromatic heterocycles. The summed E-state index contributed by atoms with van der Waals surface area (Å²) in [6.45, 7) is 10.4. The van der Waals surface area contributed by atoms with E-state index in [0.717, 1.165) is 85.7 Å². The van der Waals surface area contributed by atoms with Gasteiger partial charge in [-0.25, -0.2) is 0 Å². The molecule has 0 aromatic carbocycles. The first kappa shape index (κ1) is 18.5. The molecule has 4 rings (SSSR count). The molecule has 0 aliphatic carbocycles. The van der Waals surface area contributed by atoms with E-state index >= 15 is 0 Å². The minimum Gasteiger partial charge on any atom is -0.349 e. The number of nitrogens with one attached hydrogen (secondary N) is 1. The first-order valence-corrected chi connectivity index (χ1v) is 10.8. The number of carbonyl (C=O) groups excluding carboxylic acids is 2. The molecule has 0 unspecified atom stereocenters. The molecular formula is C20H28N4O2S. The second kappa shape index (κ2) is 7.64. The average Bonchev–Trinajstić information content (AvgIpc) is 3.37. The number of H-pyrrole nitrogens is 1. The summed E-state index contributed by atoms with van der Waals surface area (Å²) in [7, 11) is 0. The van der Waals surface area contributed by atoms with Crippen molar-refractivity contribution in [3.05, 3.63) is 22.2 Å². The van der Waals surface area contributed by atoms with Crippen LogP contribution in [0.15, 0.2) is 6.07 Å². The number of piperazine rings is 1. The van der Waals surface area contributed by atoms with Crippen LogP contribution < -0.4 is 0 Å². The van der Waals surface area contributed by atoms with Gasteiger partial charge in [-0.05, 0) is 38.8 Å². The number of aromatic amines is 1. The van der Waals surface area contributed by atoms with Crippen LogP contribution in [0.4, 0.5) is 0 Å². The molecule has 2 aliphatic heterocycles. The summed E-state index contributed by atoms with van der Waals surface area (Å²) in [4.78, 5) is 36.5. The molecule has 2 amide bonds. The van der Waals surface area contributed by atoms with Gasteiger partial charge >= 0.3 is 0 Å². The number of thiophene rings is 1. The van der Waals surface area contributed by atoms with E-state index in [0.29, 0.717) is 5.69 Å². The Morgan fingerprint density at radius 2 is 1.70 bits per heavy atom. The van der Waals surface area contributed by atoms with Gasteiger partial charge in [-0.15, -0.1) is 11.3 Å². The largest absolute Gasteiger partial charge is 0.349 e. The normalized spacial score (nSPS) is 18.6. The predicted molar refractivity (Wildman–Crippen MR) is 109 cm³/mol. The van der Waals surface area contributed by atoms with Gasteiger partial charge in [-0.2, -0.15) is 0 Å². The van der Waals surface area contributed by atoms with E-state index in [2.05, 4.69) is 16.8 Å². The Morgan fingerprint density at radius 3 is 2.37 bits per heavy atom. The second-order valence-electron chi connectivity index (χ2n) is 7.59. The molecule has 6 nitrogen and oxygen atoms in total. The Morgan fingerprint density at radius 1 is 1.04 bits per heavy atom. The zero-order valence-electron chi connectivity index (χ0n) is 16.2. The molecule has 2 aliphatic rings. The molecule has 2 aromatic rings. The lowest BCUT2D eigenvalue weighted by Crippen LogP contribution is -2.48. The van der Waals surface area contributed by atoms with Gasteiger partial charge < -0.3 is 14.8 Å². The van der Waals surface area contributed by atoms with Crippen LogP contribution in [-0.4, -0.2) is 77.3 Å². The van der Waals surface area contributed by atoms with Gasteiger partial charge in [0.1, 0.15) is 5.69 Å². The summed E-state index contributed by atoms with van der Waals surface area (Å²) >= 11 is 1.60. The van der Waals surface area contributed by atoms with E-state index in [1.165, 1.54) is 0 Å². The van der Waals surface area contributed by atoms with Crippen molar-refractivity contribution in [3.63, 3.8) is 0 Å². The van der Waals surface area contributed by atoms with Gasteiger partial charge in [0.05, 0.1) is 15.8 Å². The number of aromatic nitrogens is 1. The van der Waals surface area contributed by atoms with Crippen molar-refractivity contribution in [2.24, 2.45) is 0 Å². The van der Waals surface area contributed by atoms with Gasteiger partial charge in [-0.3, -0.25) is 14.5 Å². The average molecular weight is 389 g/mol. The molecule has 2 saturated heterocycles. The molecule has 0 bridgehead atoms. The molecule has 27 heavy (non-hydrogen) atoms. The molecule has 2 fully saturated rings.